The zero-order chi connectivity index (χ0) is 23.1. The van der Waals surface area contributed by atoms with Crippen LogP contribution in [0, 0.1) is 0 Å². The number of methoxy groups -OCH3 is 1. The molecule has 3 rings (SSSR count). The van der Waals surface area contributed by atoms with Crippen molar-refractivity contribution in [2.24, 2.45) is 4.99 Å². The van der Waals surface area contributed by atoms with Crippen molar-refractivity contribution in [2.45, 2.75) is 6.92 Å². The summed E-state index contributed by atoms with van der Waals surface area (Å²) in [5.41, 5.74) is 1.87. The first-order valence-corrected chi connectivity index (χ1v) is 10.6. The van der Waals surface area contributed by atoms with Crippen LogP contribution in [0.25, 0.3) is 6.08 Å². The fourth-order valence-electron chi connectivity index (χ4n) is 2.66. The van der Waals surface area contributed by atoms with Gasteiger partial charge in [-0.3, -0.25) is 9.69 Å². The van der Waals surface area contributed by atoms with E-state index in [1.807, 2.05) is 0 Å². The highest BCUT2D eigenvalue weighted by atomic mass is 32.2. The Balaban J connectivity index is 1.70. The Morgan fingerprint density at radius 2 is 1.78 bits per heavy atom. The van der Waals surface area contributed by atoms with Crippen molar-refractivity contribution < 1.29 is 28.6 Å². The number of rotatable bonds is 7. The van der Waals surface area contributed by atoms with Crippen molar-refractivity contribution in [1.82, 2.24) is 4.90 Å². The smallest absolute Gasteiger partial charge is 0.343 e. The van der Waals surface area contributed by atoms with E-state index >= 15 is 0 Å². The Kier molecular flexibility index (Phi) is 7.67. The minimum Gasteiger partial charge on any atom is -0.482 e. The average molecular weight is 455 g/mol. The molecule has 0 aromatic heterocycles. The first-order chi connectivity index (χ1) is 15.4. The number of nitrogens with zero attached hydrogens (tertiary/aromatic N) is 2. The molecule has 2 aromatic carbocycles. The highest BCUT2D eigenvalue weighted by molar-refractivity contribution is 8.18. The summed E-state index contributed by atoms with van der Waals surface area (Å²) in [5.74, 6) is -0.493. The molecule has 166 valence electrons. The topological polar surface area (TPSA) is 94.5 Å². The molecular weight excluding hydrogens is 432 g/mol. The van der Waals surface area contributed by atoms with Crippen LogP contribution in [0.2, 0.25) is 0 Å². The molecule has 1 heterocycles. The molecule has 1 amide bonds. The molecule has 0 N–H and O–H groups in total. The highest BCUT2D eigenvalue weighted by Crippen LogP contribution is 2.33. The molecule has 0 bridgehead atoms. The number of aliphatic imine (C=N–C) groups is 1. The van der Waals surface area contributed by atoms with Gasteiger partial charge in [-0.05, 0) is 66.7 Å². The molecule has 9 heteroatoms. The lowest BCUT2D eigenvalue weighted by Gasteiger charge is -2.07. The molecule has 1 aliphatic rings. The second-order valence-electron chi connectivity index (χ2n) is 6.57. The van der Waals surface area contributed by atoms with Crippen LogP contribution in [-0.4, -0.2) is 55.3 Å². The van der Waals surface area contributed by atoms with Crippen molar-refractivity contribution in [3.05, 3.63) is 64.6 Å². The Hall–Kier alpha value is -3.59. The first-order valence-electron chi connectivity index (χ1n) is 9.74. The summed E-state index contributed by atoms with van der Waals surface area (Å²) in [4.78, 5) is 42.1. The maximum atomic E-state index is 12.6. The largest absolute Gasteiger partial charge is 0.482 e. The number of amides is 1. The molecule has 1 fully saturated rings. The molecule has 1 aliphatic heterocycles. The van der Waals surface area contributed by atoms with E-state index in [2.05, 4.69) is 9.73 Å². The van der Waals surface area contributed by atoms with Gasteiger partial charge in [0.2, 0.25) is 0 Å². The van der Waals surface area contributed by atoms with Crippen molar-refractivity contribution in [1.29, 1.82) is 0 Å². The summed E-state index contributed by atoms with van der Waals surface area (Å²) >= 11 is 1.26. The fraction of sp³-hybridized carbons (Fsp3) is 0.217. The van der Waals surface area contributed by atoms with Crippen LogP contribution < -0.4 is 4.74 Å². The SMILES string of the molecule is CCOC(=O)c1ccc(N=C2S/C(=C/c3ccc(OCC(=O)OC)cc3)C(=O)N2C)cc1. The minimum atomic E-state index is -0.463. The van der Waals surface area contributed by atoms with E-state index in [0.29, 0.717) is 33.7 Å². The van der Waals surface area contributed by atoms with Gasteiger partial charge in [-0.25, -0.2) is 14.6 Å². The predicted molar refractivity (Wildman–Crippen MR) is 122 cm³/mol. The van der Waals surface area contributed by atoms with Gasteiger partial charge in [0.05, 0.1) is 29.9 Å². The molecule has 32 heavy (non-hydrogen) atoms. The van der Waals surface area contributed by atoms with E-state index < -0.39 is 5.97 Å². The van der Waals surface area contributed by atoms with E-state index in [4.69, 9.17) is 9.47 Å². The summed E-state index contributed by atoms with van der Waals surface area (Å²) in [6.45, 7) is 1.89. The van der Waals surface area contributed by atoms with E-state index in [0.717, 1.165) is 5.56 Å². The van der Waals surface area contributed by atoms with Crippen molar-refractivity contribution in [3.8, 4) is 5.75 Å². The molecule has 0 aliphatic carbocycles. The highest BCUT2D eigenvalue weighted by Gasteiger charge is 2.30. The zero-order valence-electron chi connectivity index (χ0n) is 17.9. The van der Waals surface area contributed by atoms with Crippen LogP contribution in [0.1, 0.15) is 22.8 Å². The van der Waals surface area contributed by atoms with Gasteiger partial charge in [-0.2, -0.15) is 0 Å². The van der Waals surface area contributed by atoms with E-state index in [-0.39, 0.29) is 18.5 Å². The van der Waals surface area contributed by atoms with Crippen molar-refractivity contribution in [2.75, 3.05) is 27.4 Å². The number of thioether (sulfide) groups is 1. The van der Waals surface area contributed by atoms with Gasteiger partial charge in [0.1, 0.15) is 5.75 Å². The number of carbonyl (C=O) groups is 3. The molecule has 2 aromatic rings. The summed E-state index contributed by atoms with van der Waals surface area (Å²) in [7, 11) is 2.95. The minimum absolute atomic E-state index is 0.164. The van der Waals surface area contributed by atoms with Crippen molar-refractivity contribution >= 4 is 46.5 Å². The Morgan fingerprint density at radius 3 is 2.41 bits per heavy atom. The maximum Gasteiger partial charge on any atom is 0.343 e. The third-order valence-corrected chi connectivity index (χ3v) is 5.43. The van der Waals surface area contributed by atoms with Gasteiger partial charge in [-0.1, -0.05) is 12.1 Å². The van der Waals surface area contributed by atoms with Crippen LogP contribution in [-0.2, 0) is 19.1 Å². The normalized spacial score (nSPS) is 15.8. The number of carbonyl (C=O) groups excluding carboxylic acids is 3. The van der Waals surface area contributed by atoms with Crippen LogP contribution in [0.4, 0.5) is 5.69 Å². The van der Waals surface area contributed by atoms with Gasteiger partial charge in [0.25, 0.3) is 5.91 Å². The van der Waals surface area contributed by atoms with E-state index in [9.17, 15) is 14.4 Å². The van der Waals surface area contributed by atoms with E-state index in [1.54, 1.807) is 68.6 Å². The lowest BCUT2D eigenvalue weighted by molar-refractivity contribution is -0.142. The summed E-state index contributed by atoms with van der Waals surface area (Å²) in [6.07, 6.45) is 1.76. The predicted octanol–water partition coefficient (Wildman–Crippen LogP) is 3.65. The molecule has 0 radical (unpaired) electrons. The number of amidine groups is 1. The van der Waals surface area contributed by atoms with Crippen LogP contribution in [0.15, 0.2) is 58.4 Å². The Labute approximate surface area is 189 Å². The first kappa shape index (κ1) is 23.1. The lowest BCUT2D eigenvalue weighted by atomic mass is 10.2. The van der Waals surface area contributed by atoms with Gasteiger partial charge in [0.15, 0.2) is 11.8 Å². The zero-order valence-corrected chi connectivity index (χ0v) is 18.7. The molecular formula is C23H22N2O6S. The monoisotopic (exact) mass is 454 g/mol. The second kappa shape index (κ2) is 10.6. The number of ether oxygens (including phenoxy) is 3. The fourth-order valence-corrected chi connectivity index (χ4v) is 3.65. The summed E-state index contributed by atoms with van der Waals surface area (Å²) in [6, 6.07) is 13.7. The lowest BCUT2D eigenvalue weighted by Crippen LogP contribution is -2.23. The quantitative estimate of drug-likeness (QED) is 0.466. The molecule has 8 nitrogen and oxygen atoms in total. The number of hydrogen-bond acceptors (Lipinski definition) is 8. The van der Waals surface area contributed by atoms with E-state index in [1.165, 1.54) is 23.8 Å². The van der Waals surface area contributed by atoms with Gasteiger partial charge < -0.3 is 14.2 Å². The average Bonchev–Trinajstić information content (AvgIpc) is 3.06. The Morgan fingerprint density at radius 1 is 1.09 bits per heavy atom. The molecule has 1 saturated heterocycles. The van der Waals surface area contributed by atoms with Crippen LogP contribution in [0.5, 0.6) is 5.75 Å². The number of benzene rings is 2. The third kappa shape index (κ3) is 5.76. The molecule has 0 atom stereocenters. The molecule has 0 unspecified atom stereocenters. The number of likely N-dealkylation sites (N-methyl/N-ethyl adjacent to an activating group) is 1. The number of esters is 2. The van der Waals surface area contributed by atoms with Crippen molar-refractivity contribution in [3.63, 3.8) is 0 Å². The standard InChI is InChI=1S/C23H22N2O6S/c1-4-30-22(28)16-7-9-17(10-8-16)24-23-25(2)21(27)19(32-23)13-15-5-11-18(12-6-15)31-14-20(26)29-3/h5-13H,4,14H2,1-3H3/b19-13+,24-23?. The second-order valence-corrected chi connectivity index (χ2v) is 7.58. The molecule has 0 saturated carbocycles. The summed E-state index contributed by atoms with van der Waals surface area (Å²) < 4.78 is 14.8. The van der Waals surface area contributed by atoms with Crippen LogP contribution in [0.3, 0.4) is 0 Å². The summed E-state index contributed by atoms with van der Waals surface area (Å²) in [5, 5.41) is 0.531. The van der Waals surface area contributed by atoms with Crippen LogP contribution >= 0.6 is 11.8 Å². The molecule has 0 spiro atoms. The van der Waals surface area contributed by atoms with Gasteiger partial charge >= 0.3 is 11.9 Å². The van der Waals surface area contributed by atoms with Gasteiger partial charge in [0, 0.05) is 7.05 Å². The third-order valence-electron chi connectivity index (χ3n) is 4.37. The number of hydrogen-bond donors (Lipinski definition) is 0. The Bertz CT molecular complexity index is 1060. The maximum absolute atomic E-state index is 12.6. The van der Waals surface area contributed by atoms with Gasteiger partial charge in [-0.15, -0.1) is 0 Å².